The summed E-state index contributed by atoms with van der Waals surface area (Å²) in [5.74, 6) is 1.59. The molecule has 3 aromatic heterocycles. The number of nitrogens with one attached hydrogen (secondary N) is 2. The first kappa shape index (κ1) is 24.9. The van der Waals surface area contributed by atoms with Crippen LogP contribution in [0.1, 0.15) is 18.9 Å². The van der Waals surface area contributed by atoms with Crippen LogP contribution in [0, 0.1) is 11.8 Å². The number of rotatable bonds is 4. The molecule has 0 aliphatic carbocycles. The third-order valence-corrected chi connectivity index (χ3v) is 7.61. The van der Waals surface area contributed by atoms with Crippen LogP contribution < -0.4 is 15.8 Å². The summed E-state index contributed by atoms with van der Waals surface area (Å²) in [6, 6.07) is 4.29. The van der Waals surface area contributed by atoms with Crippen molar-refractivity contribution < 1.29 is 17.4 Å². The van der Waals surface area contributed by atoms with Crippen molar-refractivity contribution in [1.29, 1.82) is 0 Å². The summed E-state index contributed by atoms with van der Waals surface area (Å²) in [5.41, 5.74) is 6.47. The second-order valence-corrected chi connectivity index (χ2v) is 12.4. The van der Waals surface area contributed by atoms with Gasteiger partial charge in [0.1, 0.15) is 17.2 Å². The van der Waals surface area contributed by atoms with Gasteiger partial charge in [-0.3, -0.25) is 19.5 Å². The SMILES string of the molecule is CC1NNCC1[C@H]1C[C@@H](N=S(C)(C)=O)CN(c2ccnc(-c3cnc4ccc(C(F)(F)F)cn34)n2)C1. The summed E-state index contributed by atoms with van der Waals surface area (Å²) < 4.78 is 58.4. The van der Waals surface area contributed by atoms with Gasteiger partial charge in [-0.2, -0.15) is 13.2 Å². The van der Waals surface area contributed by atoms with Crippen LogP contribution >= 0.6 is 0 Å². The van der Waals surface area contributed by atoms with Gasteiger partial charge in [0.15, 0.2) is 5.82 Å². The Bertz CT molecular complexity index is 1380. The van der Waals surface area contributed by atoms with E-state index < -0.39 is 21.5 Å². The van der Waals surface area contributed by atoms with Gasteiger partial charge < -0.3 is 4.90 Å². The highest BCUT2D eigenvalue weighted by molar-refractivity contribution is 7.92. The van der Waals surface area contributed by atoms with Crippen LogP contribution in [0.25, 0.3) is 17.2 Å². The molecule has 3 aromatic rings. The zero-order valence-corrected chi connectivity index (χ0v) is 21.1. The van der Waals surface area contributed by atoms with Gasteiger partial charge >= 0.3 is 6.18 Å². The second kappa shape index (κ2) is 9.27. The molecule has 5 rings (SSSR count). The quantitative estimate of drug-likeness (QED) is 0.544. The number of imidazole rings is 1. The first-order valence-electron chi connectivity index (χ1n) is 11.8. The fourth-order valence-electron chi connectivity index (χ4n) is 5.20. The number of hydrogen-bond donors (Lipinski definition) is 2. The number of aromatic nitrogens is 4. The van der Waals surface area contributed by atoms with Gasteiger partial charge in [-0.15, -0.1) is 0 Å². The third kappa shape index (κ3) is 5.18. The Morgan fingerprint density at radius 1 is 1.17 bits per heavy atom. The number of anilines is 1. The largest absolute Gasteiger partial charge is 0.417 e. The Labute approximate surface area is 207 Å². The summed E-state index contributed by atoms with van der Waals surface area (Å²) in [6.07, 6.45) is 3.74. The maximum absolute atomic E-state index is 13.3. The van der Waals surface area contributed by atoms with Crippen molar-refractivity contribution in [2.75, 3.05) is 37.0 Å². The standard InChI is InChI=1S/C23H29F3N8OS/c1-14-18(9-29-31-14)15-8-17(32-36(2,3)35)13-33(11-15)21-6-7-27-22(30-21)19-10-28-20-5-4-16(12-34(19)20)23(24,25)26/h4-7,10,12,14-15,17-18,29,31H,8-9,11,13H2,1-3H3/t14?,15-,17+,18?/m0/s1. The molecule has 4 atom stereocenters. The van der Waals surface area contributed by atoms with E-state index in [0.29, 0.717) is 29.6 Å². The molecule has 5 heterocycles. The normalized spacial score (nSPS) is 25.4. The molecule has 0 aromatic carbocycles. The summed E-state index contributed by atoms with van der Waals surface area (Å²) in [5, 5.41) is 0. The van der Waals surface area contributed by atoms with Gasteiger partial charge in [0.25, 0.3) is 0 Å². The van der Waals surface area contributed by atoms with Crippen molar-refractivity contribution in [3.05, 3.63) is 42.4 Å². The van der Waals surface area contributed by atoms with Crippen LogP contribution in [-0.2, 0) is 15.9 Å². The van der Waals surface area contributed by atoms with E-state index in [4.69, 9.17) is 4.98 Å². The Balaban J connectivity index is 1.50. The van der Waals surface area contributed by atoms with Crippen molar-refractivity contribution in [3.8, 4) is 11.5 Å². The number of fused-ring (bicyclic) bond motifs is 1. The topological polar surface area (TPSA) is 99.8 Å². The van der Waals surface area contributed by atoms with E-state index in [9.17, 15) is 17.4 Å². The van der Waals surface area contributed by atoms with Crippen molar-refractivity contribution in [3.63, 3.8) is 0 Å². The van der Waals surface area contributed by atoms with Crippen LogP contribution in [0.3, 0.4) is 0 Å². The lowest BCUT2D eigenvalue weighted by atomic mass is 9.81. The van der Waals surface area contributed by atoms with Crippen LogP contribution in [-0.4, -0.2) is 67.8 Å². The van der Waals surface area contributed by atoms with E-state index in [1.54, 1.807) is 24.8 Å². The average molecular weight is 523 g/mol. The van der Waals surface area contributed by atoms with E-state index in [-0.39, 0.29) is 23.8 Å². The first-order valence-corrected chi connectivity index (χ1v) is 14.1. The van der Waals surface area contributed by atoms with Gasteiger partial charge in [0, 0.05) is 60.3 Å². The molecular weight excluding hydrogens is 493 g/mol. The highest BCUT2D eigenvalue weighted by Crippen LogP contribution is 2.33. The molecular formula is C23H29F3N8OS. The number of pyridine rings is 1. The van der Waals surface area contributed by atoms with E-state index in [2.05, 4.69) is 37.0 Å². The molecule has 2 fully saturated rings. The molecule has 9 nitrogen and oxygen atoms in total. The predicted molar refractivity (Wildman–Crippen MR) is 132 cm³/mol. The maximum atomic E-state index is 13.3. The molecule has 2 saturated heterocycles. The monoisotopic (exact) mass is 522 g/mol. The first-order chi connectivity index (χ1) is 17.0. The van der Waals surface area contributed by atoms with Gasteiger partial charge in [0.05, 0.1) is 17.8 Å². The van der Waals surface area contributed by atoms with Gasteiger partial charge in [-0.25, -0.2) is 19.3 Å². The third-order valence-electron chi connectivity index (χ3n) is 6.81. The zero-order chi connectivity index (χ0) is 25.7. The van der Waals surface area contributed by atoms with Gasteiger partial charge in [0.2, 0.25) is 0 Å². The van der Waals surface area contributed by atoms with E-state index in [1.165, 1.54) is 16.7 Å². The summed E-state index contributed by atoms with van der Waals surface area (Å²) in [4.78, 5) is 15.4. The molecule has 2 unspecified atom stereocenters. The van der Waals surface area contributed by atoms with Crippen LogP contribution in [0.4, 0.5) is 19.0 Å². The molecule has 194 valence electrons. The Hall–Kier alpha value is -2.77. The molecule has 2 N–H and O–H groups in total. The Kier molecular flexibility index (Phi) is 6.41. The molecule has 0 bridgehead atoms. The minimum atomic E-state index is -4.47. The van der Waals surface area contributed by atoms with Crippen molar-refractivity contribution in [2.45, 2.75) is 31.6 Å². The van der Waals surface area contributed by atoms with Crippen LogP contribution in [0.5, 0.6) is 0 Å². The number of halogens is 3. The summed E-state index contributed by atoms with van der Waals surface area (Å²) in [7, 11) is -2.29. The molecule has 36 heavy (non-hydrogen) atoms. The summed E-state index contributed by atoms with van der Waals surface area (Å²) in [6.45, 7) is 4.26. The molecule has 13 heteroatoms. The highest BCUT2D eigenvalue weighted by Gasteiger charge is 2.38. The predicted octanol–water partition coefficient (Wildman–Crippen LogP) is 2.85. The Morgan fingerprint density at radius 2 is 1.97 bits per heavy atom. The smallest absolute Gasteiger partial charge is 0.354 e. The Morgan fingerprint density at radius 3 is 2.67 bits per heavy atom. The van der Waals surface area contributed by atoms with Crippen molar-refractivity contribution in [1.82, 2.24) is 30.2 Å². The number of piperidine rings is 1. The van der Waals surface area contributed by atoms with Gasteiger partial charge in [-0.05, 0) is 43.4 Å². The molecule has 2 aliphatic heterocycles. The number of alkyl halides is 3. The molecule has 0 amide bonds. The number of hydrazine groups is 1. The number of hydrogen-bond acceptors (Lipinski definition) is 8. The molecule has 0 radical (unpaired) electrons. The fraction of sp³-hybridized carbons (Fsp3) is 0.522. The minimum absolute atomic E-state index is 0.123. The van der Waals surface area contributed by atoms with E-state index in [0.717, 1.165) is 31.8 Å². The van der Waals surface area contributed by atoms with Crippen LogP contribution in [0.2, 0.25) is 0 Å². The lowest BCUT2D eigenvalue weighted by Crippen LogP contribution is -2.47. The van der Waals surface area contributed by atoms with Crippen LogP contribution in [0.15, 0.2) is 41.2 Å². The number of nitrogens with zero attached hydrogens (tertiary/aromatic N) is 6. The lowest BCUT2D eigenvalue weighted by Gasteiger charge is -2.40. The highest BCUT2D eigenvalue weighted by atomic mass is 32.2. The van der Waals surface area contributed by atoms with Crippen molar-refractivity contribution >= 4 is 21.2 Å². The minimum Gasteiger partial charge on any atom is -0.354 e. The molecule has 0 spiro atoms. The van der Waals surface area contributed by atoms with Gasteiger partial charge in [-0.1, -0.05) is 0 Å². The lowest BCUT2D eigenvalue weighted by molar-refractivity contribution is -0.137. The van der Waals surface area contributed by atoms with E-state index in [1.807, 2.05) is 0 Å². The summed E-state index contributed by atoms with van der Waals surface area (Å²) >= 11 is 0. The maximum Gasteiger partial charge on any atom is 0.417 e. The fourth-order valence-corrected chi connectivity index (χ4v) is 6.07. The molecule has 2 aliphatic rings. The van der Waals surface area contributed by atoms with Crippen molar-refractivity contribution in [2.24, 2.45) is 16.2 Å². The second-order valence-electron chi connectivity index (χ2n) is 9.84. The molecule has 0 saturated carbocycles. The zero-order valence-electron chi connectivity index (χ0n) is 20.2. The van der Waals surface area contributed by atoms with E-state index >= 15 is 0 Å². The average Bonchev–Trinajstić information content (AvgIpc) is 3.43.